The van der Waals surface area contributed by atoms with Gasteiger partial charge in [0.2, 0.25) is 0 Å². The quantitative estimate of drug-likeness (QED) is 0.577. The second-order valence-corrected chi connectivity index (χ2v) is 7.88. The van der Waals surface area contributed by atoms with Gasteiger partial charge >= 0.3 is 0 Å². The number of hydrogen-bond donors (Lipinski definition) is 1. The van der Waals surface area contributed by atoms with Gasteiger partial charge in [0.1, 0.15) is 18.3 Å². The number of carbonyl (C=O) groups is 2. The zero-order valence-corrected chi connectivity index (χ0v) is 17.0. The Bertz CT molecular complexity index is 1140. The molecule has 0 radical (unpaired) electrons. The van der Waals surface area contributed by atoms with Gasteiger partial charge in [-0.1, -0.05) is 12.1 Å². The van der Waals surface area contributed by atoms with Crippen LogP contribution in [-0.2, 0) is 12.7 Å². The first kappa shape index (κ1) is 20.8. The molecule has 0 aliphatic heterocycles. The van der Waals surface area contributed by atoms with E-state index in [1.54, 1.807) is 12.1 Å². The smallest absolute Gasteiger partial charge is 0.274 e. The number of aromatic nitrogens is 4. The van der Waals surface area contributed by atoms with Crippen LogP contribution in [0.2, 0.25) is 0 Å². The lowest BCUT2D eigenvalue weighted by Crippen LogP contribution is -2.25. The number of aryl methyl sites for hydroxylation is 1. The van der Waals surface area contributed by atoms with E-state index >= 15 is 4.39 Å². The first-order valence-corrected chi connectivity index (χ1v) is 9.85. The molecule has 2 aromatic heterocycles. The summed E-state index contributed by atoms with van der Waals surface area (Å²) in [6, 6.07) is 8.99. The summed E-state index contributed by atoms with van der Waals surface area (Å²) in [5, 5.41) is 9.90. The number of pyridine rings is 1. The normalized spacial score (nSPS) is 16.4. The maximum Gasteiger partial charge on any atom is 0.274 e. The van der Waals surface area contributed by atoms with Gasteiger partial charge in [-0.05, 0) is 49.6 Å². The first-order chi connectivity index (χ1) is 14.8. The number of amides is 1. The summed E-state index contributed by atoms with van der Waals surface area (Å²) in [6.07, 6.45) is 1.86. The van der Waals surface area contributed by atoms with E-state index in [-0.39, 0.29) is 28.7 Å². The van der Waals surface area contributed by atoms with Crippen LogP contribution in [0.4, 0.5) is 14.5 Å². The van der Waals surface area contributed by atoms with Crippen molar-refractivity contribution in [1.82, 2.24) is 19.7 Å². The van der Waals surface area contributed by atoms with E-state index in [0.29, 0.717) is 17.5 Å². The number of hydrogen-bond acceptors (Lipinski definition) is 5. The van der Waals surface area contributed by atoms with Crippen molar-refractivity contribution in [3.63, 3.8) is 0 Å². The summed E-state index contributed by atoms with van der Waals surface area (Å²) in [5.74, 6) is -0.403. The van der Waals surface area contributed by atoms with Gasteiger partial charge in [-0.3, -0.25) is 9.59 Å². The minimum absolute atomic E-state index is 0.0362. The van der Waals surface area contributed by atoms with Crippen LogP contribution >= 0.6 is 0 Å². The average Bonchev–Trinajstić information content (AvgIpc) is 3.54. The molecule has 1 aliphatic carbocycles. The summed E-state index contributed by atoms with van der Waals surface area (Å²) < 4.78 is 31.7. The molecule has 1 amide bonds. The van der Waals surface area contributed by atoms with Crippen LogP contribution < -0.4 is 5.32 Å². The fraction of sp³-hybridized carbons (Fsp3) is 0.318. The highest BCUT2D eigenvalue weighted by molar-refractivity contribution is 6.03. The molecule has 0 spiro atoms. The highest BCUT2D eigenvalue weighted by Gasteiger charge is 2.40. The molecule has 1 aliphatic rings. The van der Waals surface area contributed by atoms with Crippen molar-refractivity contribution in [1.29, 1.82) is 0 Å². The number of benzene rings is 1. The van der Waals surface area contributed by atoms with Crippen LogP contribution in [-0.4, -0.2) is 31.9 Å². The Kier molecular flexibility index (Phi) is 5.34. The molecular formula is C22H21F2N5O2. The van der Waals surface area contributed by atoms with Crippen molar-refractivity contribution < 1.29 is 18.4 Å². The van der Waals surface area contributed by atoms with Crippen molar-refractivity contribution in [2.45, 2.75) is 37.5 Å². The average molecular weight is 425 g/mol. The Labute approximate surface area is 177 Å². The highest BCUT2D eigenvalue weighted by atomic mass is 19.2. The minimum Gasteiger partial charge on any atom is -0.321 e. The number of anilines is 1. The SMILES string of the molecule is Cn1cnnc1C(F)C(C)(F)c1cccc(NC(=O)c2cc(C=O)cc(C3CC3)n2)c1. The van der Waals surface area contributed by atoms with Gasteiger partial charge in [0.25, 0.3) is 5.91 Å². The molecule has 31 heavy (non-hydrogen) atoms. The predicted octanol–water partition coefficient (Wildman–Crippen LogP) is 4.05. The summed E-state index contributed by atoms with van der Waals surface area (Å²) in [6.45, 7) is 1.12. The first-order valence-electron chi connectivity index (χ1n) is 9.85. The molecule has 2 unspecified atom stereocenters. The van der Waals surface area contributed by atoms with Gasteiger partial charge < -0.3 is 9.88 Å². The van der Waals surface area contributed by atoms with Crippen LogP contribution in [0.3, 0.4) is 0 Å². The molecule has 7 nitrogen and oxygen atoms in total. The van der Waals surface area contributed by atoms with Crippen LogP contribution in [0.15, 0.2) is 42.7 Å². The molecule has 2 atom stereocenters. The second-order valence-electron chi connectivity index (χ2n) is 7.88. The monoisotopic (exact) mass is 425 g/mol. The van der Waals surface area contributed by atoms with Gasteiger partial charge in [0.05, 0.1) is 0 Å². The molecule has 9 heteroatoms. The van der Waals surface area contributed by atoms with Crippen molar-refractivity contribution >= 4 is 17.9 Å². The second kappa shape index (κ2) is 7.98. The maximum absolute atomic E-state index is 15.4. The number of alkyl halides is 2. The Morgan fingerprint density at radius 3 is 2.74 bits per heavy atom. The zero-order chi connectivity index (χ0) is 22.2. The van der Waals surface area contributed by atoms with Gasteiger partial charge in [-0.15, -0.1) is 10.2 Å². The minimum atomic E-state index is -2.41. The number of carbonyl (C=O) groups excluding carboxylic acids is 2. The van der Waals surface area contributed by atoms with Gasteiger partial charge in [-0.2, -0.15) is 0 Å². The fourth-order valence-corrected chi connectivity index (χ4v) is 3.35. The maximum atomic E-state index is 15.4. The topological polar surface area (TPSA) is 89.8 Å². The van der Waals surface area contributed by atoms with Gasteiger partial charge in [0, 0.05) is 29.9 Å². The molecule has 4 rings (SSSR count). The van der Waals surface area contributed by atoms with Crippen LogP contribution in [0.1, 0.15) is 69.8 Å². The number of halogens is 2. The molecule has 160 valence electrons. The third-order valence-corrected chi connectivity index (χ3v) is 5.37. The van der Waals surface area contributed by atoms with Gasteiger partial charge in [0.15, 0.2) is 17.7 Å². The van der Waals surface area contributed by atoms with E-state index in [2.05, 4.69) is 20.5 Å². The Balaban J connectivity index is 1.57. The van der Waals surface area contributed by atoms with Crippen molar-refractivity contribution in [2.75, 3.05) is 5.32 Å². The molecule has 1 aromatic carbocycles. The lowest BCUT2D eigenvalue weighted by atomic mass is 9.92. The molecular weight excluding hydrogens is 404 g/mol. The Hall–Kier alpha value is -3.49. The predicted molar refractivity (Wildman–Crippen MR) is 109 cm³/mol. The third kappa shape index (κ3) is 4.21. The summed E-state index contributed by atoms with van der Waals surface area (Å²) in [5.41, 5.74) is -0.907. The molecule has 3 aromatic rings. The number of aldehydes is 1. The van der Waals surface area contributed by atoms with E-state index in [9.17, 15) is 14.0 Å². The fourth-order valence-electron chi connectivity index (χ4n) is 3.35. The Morgan fingerprint density at radius 1 is 1.32 bits per heavy atom. The molecule has 1 N–H and O–H groups in total. The largest absolute Gasteiger partial charge is 0.321 e. The molecule has 2 heterocycles. The van der Waals surface area contributed by atoms with Crippen LogP contribution in [0.25, 0.3) is 0 Å². The number of rotatable bonds is 7. The van der Waals surface area contributed by atoms with Crippen LogP contribution in [0, 0.1) is 0 Å². The number of nitrogens with one attached hydrogen (secondary N) is 1. The van der Waals surface area contributed by atoms with Crippen LogP contribution in [0.5, 0.6) is 0 Å². The highest BCUT2D eigenvalue weighted by Crippen LogP contribution is 2.41. The molecule has 1 fully saturated rings. The zero-order valence-electron chi connectivity index (χ0n) is 17.0. The molecule has 0 bridgehead atoms. The van der Waals surface area contributed by atoms with Crippen molar-refractivity contribution in [3.8, 4) is 0 Å². The standard InChI is InChI=1S/C22H21F2N5O2/c1-22(24,19(23)20-28-25-12-29(20)2)15-4-3-5-16(10-15)26-21(31)18-9-13(11-30)8-17(27-18)14-6-7-14/h3-5,8-12,14,19H,6-7H2,1-2H3,(H,26,31). The third-order valence-electron chi connectivity index (χ3n) is 5.37. The Morgan fingerprint density at radius 2 is 2.10 bits per heavy atom. The van der Waals surface area contributed by atoms with E-state index in [0.717, 1.165) is 19.8 Å². The summed E-state index contributed by atoms with van der Waals surface area (Å²) >= 11 is 0. The van der Waals surface area contributed by atoms with Crippen molar-refractivity contribution in [2.24, 2.45) is 7.05 Å². The summed E-state index contributed by atoms with van der Waals surface area (Å²) in [7, 11) is 1.53. The van der Waals surface area contributed by atoms with E-state index in [1.165, 1.54) is 42.2 Å². The molecule has 0 saturated heterocycles. The number of nitrogens with zero attached hydrogens (tertiary/aromatic N) is 4. The molecule has 1 saturated carbocycles. The van der Waals surface area contributed by atoms with Crippen molar-refractivity contribution in [3.05, 3.63) is 71.1 Å². The van der Waals surface area contributed by atoms with E-state index in [1.807, 2.05) is 0 Å². The van der Waals surface area contributed by atoms with Gasteiger partial charge in [-0.25, -0.2) is 13.8 Å². The lowest BCUT2D eigenvalue weighted by Gasteiger charge is -2.25. The lowest BCUT2D eigenvalue weighted by molar-refractivity contribution is 0.0564. The van der Waals surface area contributed by atoms with E-state index in [4.69, 9.17) is 0 Å². The van der Waals surface area contributed by atoms with E-state index < -0.39 is 17.7 Å². The summed E-state index contributed by atoms with van der Waals surface area (Å²) in [4.78, 5) is 28.3.